The Labute approximate surface area is 304 Å². The minimum atomic E-state index is 0.388. The SMILES string of the molecule is C=NC(=NC(=NCc1ccc(C)cc1)c1ccccc1)C(/C=C\C)=C1/COc2cc(-n3c4ccccc4c4ccc(-c5ccccc5)cc43)ccc21. The summed E-state index contributed by atoms with van der Waals surface area (Å²) in [5.74, 6) is 1.91. The lowest BCUT2D eigenvalue weighted by Crippen LogP contribution is -2.08. The van der Waals surface area contributed by atoms with Gasteiger partial charge in [0.1, 0.15) is 12.4 Å². The fraction of sp³-hybridized carbons (Fsp3) is 0.0851. The van der Waals surface area contributed by atoms with E-state index in [0.717, 1.165) is 50.3 Å². The van der Waals surface area contributed by atoms with Crippen molar-refractivity contribution in [1.82, 2.24) is 4.57 Å². The molecule has 0 saturated carbocycles. The Morgan fingerprint density at radius 1 is 0.750 bits per heavy atom. The summed E-state index contributed by atoms with van der Waals surface area (Å²) < 4.78 is 8.78. The van der Waals surface area contributed by atoms with Crippen LogP contribution in [0.15, 0.2) is 178 Å². The molecule has 0 saturated heterocycles. The highest BCUT2D eigenvalue weighted by molar-refractivity contribution is 6.17. The highest BCUT2D eigenvalue weighted by atomic mass is 16.5. The predicted molar refractivity (Wildman–Crippen MR) is 218 cm³/mol. The fourth-order valence-corrected chi connectivity index (χ4v) is 6.92. The van der Waals surface area contributed by atoms with Crippen LogP contribution in [0.2, 0.25) is 0 Å². The lowest BCUT2D eigenvalue weighted by atomic mass is 9.99. The first-order chi connectivity index (χ1) is 25.6. The molecule has 52 heavy (non-hydrogen) atoms. The number of aryl methyl sites for hydroxylation is 1. The van der Waals surface area contributed by atoms with Crippen molar-refractivity contribution in [2.45, 2.75) is 20.4 Å². The van der Waals surface area contributed by atoms with Crippen LogP contribution in [0.1, 0.15) is 29.2 Å². The Kier molecular flexibility index (Phi) is 8.99. The number of benzene rings is 6. The fourth-order valence-electron chi connectivity index (χ4n) is 6.92. The van der Waals surface area contributed by atoms with Gasteiger partial charge in [-0.3, -0.25) is 4.99 Å². The minimum Gasteiger partial charge on any atom is -0.488 e. The maximum atomic E-state index is 6.44. The van der Waals surface area contributed by atoms with Crippen LogP contribution in [0.3, 0.4) is 0 Å². The number of para-hydroxylation sites is 1. The van der Waals surface area contributed by atoms with E-state index in [1.165, 1.54) is 27.5 Å². The van der Waals surface area contributed by atoms with Gasteiger partial charge in [0.25, 0.3) is 0 Å². The second-order valence-corrected chi connectivity index (χ2v) is 12.9. The van der Waals surface area contributed by atoms with Crippen molar-refractivity contribution in [3.8, 4) is 22.6 Å². The molecule has 252 valence electrons. The van der Waals surface area contributed by atoms with E-state index in [0.29, 0.717) is 24.8 Å². The molecule has 0 unspecified atom stereocenters. The van der Waals surface area contributed by atoms with Gasteiger partial charge in [0.15, 0.2) is 11.7 Å². The topological polar surface area (TPSA) is 51.2 Å². The van der Waals surface area contributed by atoms with E-state index in [1.54, 1.807) is 0 Å². The molecule has 1 aliphatic rings. The maximum Gasteiger partial charge on any atom is 0.161 e. The van der Waals surface area contributed by atoms with Crippen LogP contribution < -0.4 is 4.74 Å². The molecular weight excluding hydrogens is 637 g/mol. The van der Waals surface area contributed by atoms with Gasteiger partial charge in [-0.2, -0.15) is 0 Å². The number of aliphatic imine (C=N–C) groups is 3. The number of hydrogen-bond donors (Lipinski definition) is 0. The summed E-state index contributed by atoms with van der Waals surface area (Å²) in [6, 6.07) is 50.8. The molecule has 0 amide bonds. The minimum absolute atomic E-state index is 0.388. The average Bonchev–Trinajstić information content (AvgIpc) is 3.77. The Hall–Kier alpha value is -6.59. The van der Waals surface area contributed by atoms with E-state index in [9.17, 15) is 0 Å². The van der Waals surface area contributed by atoms with E-state index in [4.69, 9.17) is 14.7 Å². The van der Waals surface area contributed by atoms with Crippen molar-refractivity contribution in [2.24, 2.45) is 15.0 Å². The number of amidine groups is 2. The Bertz CT molecular complexity index is 2550. The first-order valence-corrected chi connectivity index (χ1v) is 17.5. The quantitative estimate of drug-likeness (QED) is 0.123. The van der Waals surface area contributed by atoms with Gasteiger partial charge in [-0.25, -0.2) is 9.98 Å². The summed E-state index contributed by atoms with van der Waals surface area (Å²) in [4.78, 5) is 14.5. The normalized spacial score (nSPS) is 14.2. The molecule has 0 N–H and O–H groups in total. The molecule has 7 aromatic rings. The number of hydrogen-bond acceptors (Lipinski definition) is 2. The summed E-state index contributed by atoms with van der Waals surface area (Å²) in [5, 5.41) is 2.43. The van der Waals surface area contributed by atoms with Gasteiger partial charge in [-0.05, 0) is 61.5 Å². The number of allylic oxidation sites excluding steroid dienone is 1. The summed E-state index contributed by atoms with van der Waals surface area (Å²) in [7, 11) is 0. The molecule has 1 aliphatic heterocycles. The molecule has 0 bridgehead atoms. The third-order valence-electron chi connectivity index (χ3n) is 9.53. The van der Waals surface area contributed by atoms with E-state index in [1.807, 2.05) is 49.4 Å². The molecule has 6 aromatic carbocycles. The van der Waals surface area contributed by atoms with E-state index in [2.05, 4.69) is 138 Å². The zero-order chi connectivity index (χ0) is 35.4. The van der Waals surface area contributed by atoms with Crippen molar-refractivity contribution in [3.63, 3.8) is 0 Å². The van der Waals surface area contributed by atoms with Crippen molar-refractivity contribution in [1.29, 1.82) is 0 Å². The van der Waals surface area contributed by atoms with E-state index >= 15 is 0 Å². The monoisotopic (exact) mass is 674 g/mol. The molecule has 2 heterocycles. The number of fused-ring (bicyclic) bond motifs is 4. The Morgan fingerprint density at radius 3 is 2.25 bits per heavy atom. The highest BCUT2D eigenvalue weighted by Gasteiger charge is 2.24. The zero-order valence-electron chi connectivity index (χ0n) is 29.3. The standard InChI is InChI=1S/C47H38N4O/c1-4-13-41(47(48-3)50-46(35-16-9-6-10-17-35)49-30-33-22-20-32(2)21-23-33)42-31-52-45-29-37(25-27-40(42)45)51-43-19-12-11-18-38(43)39-26-24-36(28-44(39)51)34-14-7-5-8-15-34/h4-29H,3,30-31H2,1-2H3/b13-4-,42-41-,49-46?,50-47?. The molecule has 0 spiro atoms. The van der Waals surface area contributed by atoms with Gasteiger partial charge >= 0.3 is 0 Å². The first kappa shape index (κ1) is 32.6. The third-order valence-corrected chi connectivity index (χ3v) is 9.53. The molecule has 5 nitrogen and oxygen atoms in total. The second-order valence-electron chi connectivity index (χ2n) is 12.9. The molecular formula is C47H38N4O. The van der Waals surface area contributed by atoms with Gasteiger partial charge in [0.2, 0.25) is 0 Å². The number of rotatable bonds is 7. The van der Waals surface area contributed by atoms with Gasteiger partial charge < -0.3 is 9.30 Å². The summed E-state index contributed by atoms with van der Waals surface area (Å²) in [5.41, 5.74) is 11.8. The van der Waals surface area contributed by atoms with Crippen LogP contribution in [-0.2, 0) is 6.54 Å². The van der Waals surface area contributed by atoms with E-state index < -0.39 is 0 Å². The van der Waals surface area contributed by atoms with Crippen LogP contribution in [-0.4, -0.2) is 29.6 Å². The molecule has 0 atom stereocenters. The van der Waals surface area contributed by atoms with Crippen molar-refractivity contribution < 1.29 is 4.74 Å². The van der Waals surface area contributed by atoms with Crippen LogP contribution in [0.5, 0.6) is 5.75 Å². The van der Waals surface area contributed by atoms with Gasteiger partial charge in [-0.15, -0.1) is 0 Å². The lowest BCUT2D eigenvalue weighted by molar-refractivity contribution is 0.388. The Balaban J connectivity index is 1.22. The molecule has 8 rings (SSSR count). The third kappa shape index (κ3) is 6.29. The second kappa shape index (κ2) is 14.3. The van der Waals surface area contributed by atoms with Crippen LogP contribution in [0, 0.1) is 6.92 Å². The maximum absolute atomic E-state index is 6.44. The van der Waals surface area contributed by atoms with E-state index in [-0.39, 0.29) is 0 Å². The smallest absolute Gasteiger partial charge is 0.161 e. The molecule has 0 radical (unpaired) electrons. The first-order valence-electron chi connectivity index (χ1n) is 17.5. The van der Waals surface area contributed by atoms with Gasteiger partial charge in [-0.1, -0.05) is 133 Å². The number of aromatic nitrogens is 1. The summed E-state index contributed by atoms with van der Waals surface area (Å²) >= 11 is 0. The lowest BCUT2D eigenvalue weighted by Gasteiger charge is -2.11. The molecule has 0 fully saturated rings. The zero-order valence-corrected chi connectivity index (χ0v) is 29.3. The van der Waals surface area contributed by atoms with Crippen LogP contribution in [0.25, 0.3) is 44.2 Å². The van der Waals surface area contributed by atoms with Crippen LogP contribution in [0.4, 0.5) is 0 Å². The molecule has 5 heteroatoms. The van der Waals surface area contributed by atoms with Crippen molar-refractivity contribution in [2.75, 3.05) is 6.61 Å². The number of ether oxygens (including phenoxy) is 1. The number of nitrogens with zero attached hydrogens (tertiary/aromatic N) is 4. The Morgan fingerprint density at radius 2 is 1.48 bits per heavy atom. The largest absolute Gasteiger partial charge is 0.488 e. The molecule has 0 aliphatic carbocycles. The highest BCUT2D eigenvalue weighted by Crippen LogP contribution is 2.40. The van der Waals surface area contributed by atoms with Crippen molar-refractivity contribution in [3.05, 3.63) is 186 Å². The average molecular weight is 675 g/mol. The van der Waals surface area contributed by atoms with Gasteiger partial charge in [0.05, 0.1) is 17.6 Å². The predicted octanol–water partition coefficient (Wildman–Crippen LogP) is 11.2. The van der Waals surface area contributed by atoms with Gasteiger partial charge in [0, 0.05) is 44.8 Å². The van der Waals surface area contributed by atoms with Crippen LogP contribution >= 0.6 is 0 Å². The summed E-state index contributed by atoms with van der Waals surface area (Å²) in [6.07, 6.45) is 4.04. The summed E-state index contributed by atoms with van der Waals surface area (Å²) in [6.45, 7) is 8.92. The molecule has 1 aromatic heterocycles. The van der Waals surface area contributed by atoms with Crippen molar-refractivity contribution >= 4 is 45.8 Å².